The fourth-order valence-electron chi connectivity index (χ4n) is 3.06. The van der Waals surface area contributed by atoms with Gasteiger partial charge in [-0.05, 0) is 37.5 Å². The van der Waals surface area contributed by atoms with Crippen molar-refractivity contribution in [2.75, 3.05) is 39.0 Å². The SMILES string of the molecule is CCNC(=NCCc1ccc(S(C)(=O)=O)cc1)NC1CCN(CC(F)(F)F)C1.I. The van der Waals surface area contributed by atoms with Crippen molar-refractivity contribution in [3.8, 4) is 0 Å². The van der Waals surface area contributed by atoms with E-state index in [1.165, 1.54) is 11.2 Å². The van der Waals surface area contributed by atoms with E-state index in [2.05, 4.69) is 15.6 Å². The minimum absolute atomic E-state index is 0. The second-order valence-corrected chi connectivity index (χ2v) is 8.92. The van der Waals surface area contributed by atoms with E-state index in [-0.39, 0.29) is 34.9 Å². The molecular weight excluding hydrogens is 520 g/mol. The van der Waals surface area contributed by atoms with Crippen LogP contribution < -0.4 is 10.6 Å². The Balaban J connectivity index is 0.00000420. The van der Waals surface area contributed by atoms with Crippen LogP contribution >= 0.6 is 24.0 Å². The van der Waals surface area contributed by atoms with E-state index in [4.69, 9.17) is 0 Å². The van der Waals surface area contributed by atoms with Gasteiger partial charge in [0.2, 0.25) is 0 Å². The van der Waals surface area contributed by atoms with Crippen LogP contribution in [0.15, 0.2) is 34.2 Å². The van der Waals surface area contributed by atoms with Crippen LogP contribution in [-0.2, 0) is 16.3 Å². The molecule has 29 heavy (non-hydrogen) atoms. The Morgan fingerprint density at radius 1 is 1.28 bits per heavy atom. The summed E-state index contributed by atoms with van der Waals surface area (Å²) < 4.78 is 60.5. The van der Waals surface area contributed by atoms with Gasteiger partial charge in [0.15, 0.2) is 15.8 Å². The van der Waals surface area contributed by atoms with Crippen LogP contribution in [0.25, 0.3) is 0 Å². The van der Waals surface area contributed by atoms with Crippen LogP contribution in [0.5, 0.6) is 0 Å². The molecule has 0 aromatic heterocycles. The van der Waals surface area contributed by atoms with Crippen LogP contribution in [0.3, 0.4) is 0 Å². The number of hydrogen-bond acceptors (Lipinski definition) is 4. The molecule has 0 spiro atoms. The maximum atomic E-state index is 12.5. The first-order chi connectivity index (χ1) is 13.1. The van der Waals surface area contributed by atoms with Crippen molar-refractivity contribution in [2.45, 2.75) is 36.9 Å². The van der Waals surface area contributed by atoms with Crippen molar-refractivity contribution in [2.24, 2.45) is 4.99 Å². The van der Waals surface area contributed by atoms with E-state index < -0.39 is 22.6 Å². The normalized spacial score (nSPS) is 18.4. The molecule has 0 aliphatic carbocycles. The smallest absolute Gasteiger partial charge is 0.357 e. The molecule has 1 aliphatic heterocycles. The highest BCUT2D eigenvalue weighted by Crippen LogP contribution is 2.20. The third-order valence-electron chi connectivity index (χ3n) is 4.38. The monoisotopic (exact) mass is 548 g/mol. The second kappa shape index (κ2) is 11.3. The van der Waals surface area contributed by atoms with E-state index in [1.54, 1.807) is 24.3 Å². The van der Waals surface area contributed by atoms with Gasteiger partial charge in [0.25, 0.3) is 0 Å². The molecule has 2 rings (SSSR count). The zero-order valence-corrected chi connectivity index (χ0v) is 19.6. The van der Waals surface area contributed by atoms with E-state index >= 15 is 0 Å². The number of sulfone groups is 1. The Kier molecular flexibility index (Phi) is 10.2. The van der Waals surface area contributed by atoms with E-state index in [1.807, 2.05) is 6.92 Å². The predicted octanol–water partition coefficient (Wildman–Crippen LogP) is 2.44. The molecule has 11 heteroatoms. The number of alkyl halides is 3. The van der Waals surface area contributed by atoms with Crippen molar-refractivity contribution in [3.63, 3.8) is 0 Å². The summed E-state index contributed by atoms with van der Waals surface area (Å²) in [5.74, 6) is 0.578. The molecule has 0 saturated carbocycles. The summed E-state index contributed by atoms with van der Waals surface area (Å²) in [7, 11) is -3.21. The largest absolute Gasteiger partial charge is 0.401 e. The van der Waals surface area contributed by atoms with E-state index in [9.17, 15) is 21.6 Å². The van der Waals surface area contributed by atoms with Gasteiger partial charge in [0.05, 0.1) is 11.4 Å². The first-order valence-electron chi connectivity index (χ1n) is 9.20. The lowest BCUT2D eigenvalue weighted by molar-refractivity contribution is -0.143. The van der Waals surface area contributed by atoms with Crippen molar-refractivity contribution < 1.29 is 21.6 Å². The summed E-state index contributed by atoms with van der Waals surface area (Å²) in [5.41, 5.74) is 0.962. The molecule has 6 nitrogen and oxygen atoms in total. The van der Waals surface area contributed by atoms with Gasteiger partial charge < -0.3 is 10.6 Å². The number of hydrogen-bond donors (Lipinski definition) is 2. The molecule has 166 valence electrons. The molecule has 2 N–H and O–H groups in total. The highest BCUT2D eigenvalue weighted by Gasteiger charge is 2.34. The summed E-state index contributed by atoms with van der Waals surface area (Å²) in [6.45, 7) is 2.90. The molecule has 1 saturated heterocycles. The molecule has 0 amide bonds. The number of rotatable bonds is 7. The summed E-state index contributed by atoms with van der Waals surface area (Å²) in [4.78, 5) is 6.15. The molecule has 1 fully saturated rings. The highest BCUT2D eigenvalue weighted by atomic mass is 127. The number of benzene rings is 1. The molecule has 1 aromatic carbocycles. The quantitative estimate of drug-likeness (QED) is 0.311. The van der Waals surface area contributed by atoms with Crippen molar-refractivity contribution >= 4 is 39.8 Å². The zero-order chi connectivity index (χ0) is 20.8. The maximum Gasteiger partial charge on any atom is 0.401 e. The molecule has 0 bridgehead atoms. The van der Waals surface area contributed by atoms with Crippen molar-refractivity contribution in [3.05, 3.63) is 29.8 Å². The number of aliphatic imine (C=N–C) groups is 1. The molecular formula is C18H28F3IN4O2S. The molecule has 0 radical (unpaired) electrons. The fraction of sp³-hybridized carbons (Fsp3) is 0.611. The van der Waals surface area contributed by atoms with Gasteiger partial charge in [-0.2, -0.15) is 13.2 Å². The van der Waals surface area contributed by atoms with Crippen molar-refractivity contribution in [1.82, 2.24) is 15.5 Å². The fourth-order valence-corrected chi connectivity index (χ4v) is 3.69. The maximum absolute atomic E-state index is 12.5. The molecule has 1 heterocycles. The third-order valence-corrected chi connectivity index (χ3v) is 5.51. The Labute approximate surface area is 187 Å². The number of likely N-dealkylation sites (tertiary alicyclic amines) is 1. The van der Waals surface area contributed by atoms with Crippen LogP contribution in [0.2, 0.25) is 0 Å². The van der Waals surface area contributed by atoms with Crippen LogP contribution in [-0.4, -0.2) is 70.5 Å². The van der Waals surface area contributed by atoms with Gasteiger partial charge in [0.1, 0.15) is 0 Å². The Bertz CT molecular complexity index is 770. The highest BCUT2D eigenvalue weighted by molar-refractivity contribution is 14.0. The number of halogens is 4. The van der Waals surface area contributed by atoms with Gasteiger partial charge in [-0.25, -0.2) is 8.42 Å². The van der Waals surface area contributed by atoms with Crippen LogP contribution in [0, 0.1) is 0 Å². The molecule has 1 aromatic rings. The Hall–Kier alpha value is -1.08. The van der Waals surface area contributed by atoms with Gasteiger partial charge in [-0.3, -0.25) is 9.89 Å². The minimum atomic E-state index is -4.18. The summed E-state index contributed by atoms with van der Waals surface area (Å²) >= 11 is 0. The number of nitrogens with zero attached hydrogens (tertiary/aromatic N) is 2. The minimum Gasteiger partial charge on any atom is -0.357 e. The van der Waals surface area contributed by atoms with Gasteiger partial charge in [0, 0.05) is 38.5 Å². The average molecular weight is 548 g/mol. The summed E-state index contributed by atoms with van der Waals surface area (Å²) in [5, 5.41) is 6.31. The lowest BCUT2D eigenvalue weighted by Crippen LogP contribution is -2.45. The first-order valence-corrected chi connectivity index (χ1v) is 11.1. The summed E-state index contributed by atoms with van der Waals surface area (Å²) in [6.07, 6.45) is -1.75. The molecule has 1 atom stereocenters. The molecule has 1 unspecified atom stereocenters. The third kappa shape index (κ3) is 9.51. The first kappa shape index (κ1) is 26.0. The van der Waals surface area contributed by atoms with Crippen LogP contribution in [0.4, 0.5) is 13.2 Å². The van der Waals surface area contributed by atoms with Gasteiger partial charge in [-0.15, -0.1) is 24.0 Å². The van der Waals surface area contributed by atoms with Gasteiger partial charge in [-0.1, -0.05) is 12.1 Å². The van der Waals surface area contributed by atoms with Crippen LogP contribution in [0.1, 0.15) is 18.9 Å². The Morgan fingerprint density at radius 2 is 1.93 bits per heavy atom. The molecule has 1 aliphatic rings. The standard InChI is InChI=1S/C18H27F3N4O2S.HI/c1-3-22-17(24-15-9-11-25(12-15)13-18(19,20)21)23-10-8-14-4-6-16(7-5-14)28(2,26)27;/h4-7,15H,3,8-13H2,1-2H3,(H2,22,23,24);1H. The topological polar surface area (TPSA) is 73.8 Å². The summed E-state index contributed by atoms with van der Waals surface area (Å²) in [6, 6.07) is 6.60. The average Bonchev–Trinajstić information content (AvgIpc) is 2.99. The second-order valence-electron chi connectivity index (χ2n) is 6.91. The van der Waals surface area contributed by atoms with E-state index in [0.717, 1.165) is 5.56 Å². The van der Waals surface area contributed by atoms with Crippen molar-refractivity contribution in [1.29, 1.82) is 0 Å². The lowest BCUT2D eigenvalue weighted by Gasteiger charge is -2.19. The number of guanidine groups is 1. The number of nitrogens with one attached hydrogen (secondary N) is 2. The zero-order valence-electron chi connectivity index (χ0n) is 16.5. The lowest BCUT2D eigenvalue weighted by atomic mass is 10.1. The van der Waals surface area contributed by atoms with Gasteiger partial charge >= 0.3 is 6.18 Å². The van der Waals surface area contributed by atoms with E-state index in [0.29, 0.717) is 45.0 Å². The predicted molar refractivity (Wildman–Crippen MR) is 119 cm³/mol. The Morgan fingerprint density at radius 3 is 2.48 bits per heavy atom.